The average molecular weight is 507 g/mol. The van der Waals surface area contributed by atoms with Gasteiger partial charge in [-0.25, -0.2) is 4.98 Å². The Morgan fingerprint density at radius 1 is 1.31 bits per heavy atom. The topological polar surface area (TPSA) is 101 Å². The van der Waals surface area contributed by atoms with E-state index in [4.69, 9.17) is 11.6 Å². The van der Waals surface area contributed by atoms with Gasteiger partial charge in [0.05, 0.1) is 33.5 Å². The fourth-order valence-corrected chi connectivity index (χ4v) is 4.38. The van der Waals surface area contributed by atoms with Gasteiger partial charge in [-0.05, 0) is 36.5 Å². The number of halogens is 2. The van der Waals surface area contributed by atoms with E-state index >= 15 is 0 Å². The number of aromatic nitrogens is 2. The summed E-state index contributed by atoms with van der Waals surface area (Å²) in [6, 6.07) is 9.15. The monoisotopic (exact) mass is 506 g/mol. The van der Waals surface area contributed by atoms with E-state index in [1.165, 1.54) is 12.4 Å². The lowest BCUT2D eigenvalue weighted by Crippen LogP contribution is -2.38. The van der Waals surface area contributed by atoms with Gasteiger partial charge in [0.1, 0.15) is 6.07 Å². The molecule has 2 aliphatic rings. The van der Waals surface area contributed by atoms with Crippen molar-refractivity contribution in [3.05, 3.63) is 70.7 Å². The van der Waals surface area contributed by atoms with Crippen molar-refractivity contribution in [2.45, 2.75) is 45.7 Å². The molecule has 4 N–H and O–H groups in total. The lowest BCUT2D eigenvalue weighted by atomic mass is 9.96. The molecule has 0 spiro atoms. The molecule has 0 amide bonds. The Morgan fingerprint density at radius 3 is 2.81 bits per heavy atom. The summed E-state index contributed by atoms with van der Waals surface area (Å²) in [5.74, 6) is -0.560. The molecule has 2 aromatic heterocycles. The first-order chi connectivity index (χ1) is 17.2. The predicted molar refractivity (Wildman–Crippen MR) is 139 cm³/mol. The molecule has 5 rings (SSSR count). The molecule has 0 radical (unpaired) electrons. The molecule has 3 aromatic rings. The lowest BCUT2D eigenvalue weighted by Gasteiger charge is -2.23. The molecule has 0 saturated heterocycles. The molecule has 36 heavy (non-hydrogen) atoms. The van der Waals surface area contributed by atoms with Crippen molar-refractivity contribution >= 4 is 33.9 Å². The summed E-state index contributed by atoms with van der Waals surface area (Å²) in [5, 5.41) is 19.7. The van der Waals surface area contributed by atoms with Crippen molar-refractivity contribution < 1.29 is 4.39 Å². The van der Waals surface area contributed by atoms with Crippen molar-refractivity contribution in [3.8, 4) is 6.07 Å². The van der Waals surface area contributed by atoms with Gasteiger partial charge in [0, 0.05) is 47.8 Å². The van der Waals surface area contributed by atoms with Gasteiger partial charge in [0.2, 0.25) is 5.95 Å². The number of benzene rings is 1. The van der Waals surface area contributed by atoms with Crippen LogP contribution in [0.5, 0.6) is 0 Å². The van der Waals surface area contributed by atoms with E-state index < -0.39 is 12.0 Å². The average Bonchev–Trinajstić information content (AvgIpc) is 3.57. The summed E-state index contributed by atoms with van der Waals surface area (Å²) in [7, 11) is 0. The van der Waals surface area contributed by atoms with Gasteiger partial charge in [-0.1, -0.05) is 38.4 Å². The highest BCUT2D eigenvalue weighted by Gasteiger charge is 2.33. The lowest BCUT2D eigenvalue weighted by molar-refractivity contribution is 0.260. The number of anilines is 2. The Balaban J connectivity index is 1.57. The van der Waals surface area contributed by atoms with Crippen LogP contribution in [0.4, 0.5) is 15.8 Å². The smallest absolute Gasteiger partial charge is 0.218 e. The standard InChI is InChI=1S/C26H28ClFN8/c1-26(2,3)14-32-22-15(11-29)12-31-23-19(22)9-16(10-20(23)27)33-24(18-5-4-8-30-25(18)28)21-13-36(35-34-21)17-6-7-17/h4-5,8-10,12-13,17,24,33-35H,6-7,14H2,1-3H3,(H,31,32). The van der Waals surface area contributed by atoms with E-state index in [1.54, 1.807) is 18.2 Å². The van der Waals surface area contributed by atoms with Crippen LogP contribution in [0.2, 0.25) is 5.02 Å². The molecular formula is C26H28ClFN8. The Kier molecular flexibility index (Phi) is 6.33. The van der Waals surface area contributed by atoms with Crippen LogP contribution in [-0.4, -0.2) is 27.6 Å². The SMILES string of the molecule is CC(C)(C)CNc1c(C#N)cnc2c(Cl)cc(NC(C3=CN(C4CC4)NN3)c3cccnc3F)cc12. The van der Waals surface area contributed by atoms with Crippen molar-refractivity contribution in [2.24, 2.45) is 5.41 Å². The summed E-state index contributed by atoms with van der Waals surface area (Å²) in [6.45, 7) is 7.00. The molecule has 3 heterocycles. The fraction of sp³-hybridized carbons (Fsp3) is 0.346. The molecule has 1 fully saturated rings. The number of fused-ring (bicyclic) bond motifs is 1. The first kappa shape index (κ1) is 24.1. The van der Waals surface area contributed by atoms with Crippen LogP contribution in [0.3, 0.4) is 0 Å². The third-order valence-electron chi connectivity index (χ3n) is 6.11. The Hall–Kier alpha value is -3.61. The number of hydrazine groups is 2. The maximum absolute atomic E-state index is 14.8. The molecular weight excluding hydrogens is 479 g/mol. The number of pyridine rings is 2. The summed E-state index contributed by atoms with van der Waals surface area (Å²) in [4.78, 5) is 8.28. The van der Waals surface area contributed by atoms with Crippen LogP contribution in [-0.2, 0) is 0 Å². The minimum Gasteiger partial charge on any atom is -0.383 e. The number of nitrogens with one attached hydrogen (secondary N) is 4. The zero-order valence-electron chi connectivity index (χ0n) is 20.4. The van der Waals surface area contributed by atoms with E-state index in [9.17, 15) is 9.65 Å². The minimum absolute atomic E-state index is 0.00798. The van der Waals surface area contributed by atoms with Gasteiger partial charge in [0.15, 0.2) is 0 Å². The summed E-state index contributed by atoms with van der Waals surface area (Å²) in [5.41, 5.74) is 9.79. The van der Waals surface area contributed by atoms with E-state index in [1.807, 2.05) is 17.3 Å². The summed E-state index contributed by atoms with van der Waals surface area (Å²) >= 11 is 6.66. The number of nitrogens with zero attached hydrogens (tertiary/aromatic N) is 4. The Labute approximate surface area is 214 Å². The van der Waals surface area contributed by atoms with Crippen LogP contribution < -0.4 is 21.6 Å². The highest BCUT2D eigenvalue weighted by molar-refractivity contribution is 6.35. The molecule has 1 aliphatic heterocycles. The molecule has 10 heteroatoms. The second-order valence-corrected chi connectivity index (χ2v) is 10.8. The maximum Gasteiger partial charge on any atom is 0.218 e. The molecule has 1 aliphatic carbocycles. The van der Waals surface area contributed by atoms with Gasteiger partial charge in [-0.2, -0.15) is 9.65 Å². The number of rotatable bonds is 7. The summed E-state index contributed by atoms with van der Waals surface area (Å²) in [6.07, 6.45) is 7.13. The number of nitriles is 1. The molecule has 1 unspecified atom stereocenters. The summed E-state index contributed by atoms with van der Waals surface area (Å²) < 4.78 is 14.8. The molecule has 1 atom stereocenters. The van der Waals surface area contributed by atoms with Crippen LogP contribution in [0.1, 0.15) is 50.8 Å². The molecule has 8 nitrogen and oxygen atoms in total. The third-order valence-corrected chi connectivity index (χ3v) is 6.40. The normalized spacial score (nSPS) is 16.3. The quantitative estimate of drug-likeness (QED) is 0.323. The highest BCUT2D eigenvalue weighted by Crippen LogP contribution is 2.37. The van der Waals surface area contributed by atoms with Crippen LogP contribution >= 0.6 is 11.6 Å². The van der Waals surface area contributed by atoms with Gasteiger partial charge in [0.25, 0.3) is 0 Å². The third kappa shape index (κ3) is 5.01. The van der Waals surface area contributed by atoms with Gasteiger partial charge in [-0.3, -0.25) is 9.99 Å². The van der Waals surface area contributed by atoms with E-state index in [0.29, 0.717) is 51.0 Å². The van der Waals surface area contributed by atoms with Crippen molar-refractivity contribution in [3.63, 3.8) is 0 Å². The van der Waals surface area contributed by atoms with Crippen LogP contribution in [0.15, 0.2) is 48.6 Å². The molecule has 0 bridgehead atoms. The zero-order chi connectivity index (χ0) is 25.4. The Morgan fingerprint density at radius 2 is 2.11 bits per heavy atom. The maximum atomic E-state index is 14.8. The molecule has 186 valence electrons. The number of hydrogen-bond donors (Lipinski definition) is 4. The predicted octanol–water partition coefficient (Wildman–Crippen LogP) is 5.23. The second-order valence-electron chi connectivity index (χ2n) is 10.3. The molecule has 1 saturated carbocycles. The fourth-order valence-electron chi connectivity index (χ4n) is 4.11. The van der Waals surface area contributed by atoms with E-state index in [-0.39, 0.29) is 5.41 Å². The van der Waals surface area contributed by atoms with E-state index in [0.717, 1.165) is 18.5 Å². The van der Waals surface area contributed by atoms with Gasteiger partial charge in [-0.15, -0.1) is 5.53 Å². The number of hydrogen-bond acceptors (Lipinski definition) is 8. The Bertz CT molecular complexity index is 1370. The second kappa shape index (κ2) is 9.45. The largest absolute Gasteiger partial charge is 0.383 e. The van der Waals surface area contributed by atoms with Crippen LogP contribution in [0.25, 0.3) is 10.9 Å². The van der Waals surface area contributed by atoms with Crippen molar-refractivity contribution in [1.29, 1.82) is 5.26 Å². The van der Waals surface area contributed by atoms with Gasteiger partial charge >= 0.3 is 0 Å². The molecule has 1 aromatic carbocycles. The van der Waals surface area contributed by atoms with Crippen LogP contribution in [0, 0.1) is 22.7 Å². The first-order valence-electron chi connectivity index (χ1n) is 11.9. The highest BCUT2D eigenvalue weighted by atomic mass is 35.5. The van der Waals surface area contributed by atoms with E-state index in [2.05, 4.69) is 58.4 Å². The zero-order valence-corrected chi connectivity index (χ0v) is 21.1. The van der Waals surface area contributed by atoms with Gasteiger partial charge < -0.3 is 16.1 Å². The van der Waals surface area contributed by atoms with Crippen molar-refractivity contribution in [1.82, 2.24) is 25.9 Å². The van der Waals surface area contributed by atoms with Crippen molar-refractivity contribution in [2.75, 3.05) is 17.2 Å². The minimum atomic E-state index is -0.568. The first-order valence-corrected chi connectivity index (χ1v) is 12.3.